The van der Waals surface area contributed by atoms with E-state index >= 15 is 0 Å². The van der Waals surface area contributed by atoms with Crippen molar-refractivity contribution in [2.24, 2.45) is 0 Å². The minimum atomic E-state index is -0.656. The fourth-order valence-corrected chi connectivity index (χ4v) is 7.29. The van der Waals surface area contributed by atoms with Gasteiger partial charge in [0.1, 0.15) is 11.6 Å². The molecule has 3 aliphatic rings. The fraction of sp³-hybridized carbons (Fsp3) is 0.357. The van der Waals surface area contributed by atoms with Crippen LogP contribution >= 0.6 is 0 Å². The summed E-state index contributed by atoms with van der Waals surface area (Å²) in [5.41, 5.74) is 5.71. The molecule has 0 spiro atoms. The number of likely N-dealkylation sites (tertiary alicyclic amines) is 1. The SMILES string of the molecule is CC(C)(C)OC(=O)[C@@H]1CCCN1C[C@@H]1C[C@H](c2ccc(CO)cc2)O[C@H](c2ccc(-c3ccccc3CN3C(=O)c4ccccc4C3=O)cc2)O1. The van der Waals surface area contributed by atoms with Crippen molar-refractivity contribution in [3.8, 4) is 11.1 Å². The Morgan fingerprint density at radius 2 is 1.45 bits per heavy atom. The van der Waals surface area contributed by atoms with E-state index in [0.717, 1.165) is 52.8 Å². The first-order valence-electron chi connectivity index (χ1n) is 17.7. The monoisotopic (exact) mass is 688 g/mol. The number of aliphatic hydroxyl groups is 1. The molecule has 0 radical (unpaired) electrons. The Kier molecular flexibility index (Phi) is 9.90. The van der Waals surface area contributed by atoms with Crippen molar-refractivity contribution >= 4 is 17.8 Å². The van der Waals surface area contributed by atoms with Crippen LogP contribution in [-0.2, 0) is 32.2 Å². The fourth-order valence-electron chi connectivity index (χ4n) is 7.29. The highest BCUT2D eigenvalue weighted by Gasteiger charge is 2.39. The van der Waals surface area contributed by atoms with Gasteiger partial charge in [0.05, 0.1) is 36.5 Å². The van der Waals surface area contributed by atoms with Crippen molar-refractivity contribution in [2.45, 2.75) is 83.3 Å². The molecule has 0 saturated carbocycles. The van der Waals surface area contributed by atoms with Gasteiger partial charge in [0.25, 0.3) is 11.8 Å². The molecule has 2 fully saturated rings. The molecule has 2 saturated heterocycles. The average molecular weight is 689 g/mol. The van der Waals surface area contributed by atoms with Crippen molar-refractivity contribution in [3.05, 3.63) is 130 Å². The smallest absolute Gasteiger partial charge is 0.323 e. The molecular formula is C42H44N2O7. The lowest BCUT2D eigenvalue weighted by atomic mass is 9.97. The number of fused-ring (bicyclic) bond motifs is 1. The zero-order valence-electron chi connectivity index (χ0n) is 29.3. The molecule has 0 unspecified atom stereocenters. The number of imide groups is 1. The molecule has 0 aliphatic carbocycles. The molecule has 51 heavy (non-hydrogen) atoms. The van der Waals surface area contributed by atoms with Crippen LogP contribution < -0.4 is 0 Å². The van der Waals surface area contributed by atoms with Gasteiger partial charge in [-0.05, 0) is 80.1 Å². The summed E-state index contributed by atoms with van der Waals surface area (Å²) in [5.74, 6) is -0.763. The average Bonchev–Trinajstić information content (AvgIpc) is 3.69. The van der Waals surface area contributed by atoms with Crippen molar-refractivity contribution < 1.29 is 33.7 Å². The Morgan fingerprint density at radius 3 is 2.10 bits per heavy atom. The van der Waals surface area contributed by atoms with Crippen molar-refractivity contribution in [3.63, 3.8) is 0 Å². The molecule has 3 heterocycles. The number of carbonyl (C=O) groups is 3. The number of carbonyl (C=O) groups excluding carboxylic acids is 3. The molecule has 2 amide bonds. The summed E-state index contributed by atoms with van der Waals surface area (Å²) in [6, 6.07) is 30.2. The summed E-state index contributed by atoms with van der Waals surface area (Å²) in [6.07, 6.45) is 1.15. The standard InChI is InChI=1S/C42H44N2O7/c1-42(2,3)51-40(48)36-13-8-22-43(36)25-32-23-37(29-16-14-27(26-45)15-17-29)50-41(49-32)30-20-18-28(19-21-30)33-10-5-4-9-31(33)24-44-38(46)34-11-6-7-12-35(34)39(44)47/h4-7,9-12,14-21,32,36-37,41,45H,8,13,22-26H2,1-3H3/t32-,36-,37+,41+/m0/s1. The number of nitrogens with zero attached hydrogens (tertiary/aromatic N) is 2. The molecule has 9 heteroatoms. The number of hydrogen-bond donors (Lipinski definition) is 1. The normalized spacial score (nSPS) is 22.3. The Bertz CT molecular complexity index is 1860. The van der Waals surface area contributed by atoms with E-state index in [1.807, 2.05) is 93.6 Å². The quantitative estimate of drug-likeness (QED) is 0.148. The number of hydrogen-bond acceptors (Lipinski definition) is 8. The van der Waals surface area contributed by atoms with Crippen LogP contribution in [0.25, 0.3) is 11.1 Å². The van der Waals surface area contributed by atoms with E-state index < -0.39 is 11.9 Å². The van der Waals surface area contributed by atoms with Crippen LogP contribution in [0.1, 0.15) is 95.4 Å². The van der Waals surface area contributed by atoms with Crippen LogP contribution in [0, 0.1) is 0 Å². The van der Waals surface area contributed by atoms with E-state index in [-0.39, 0.29) is 49.2 Å². The summed E-state index contributed by atoms with van der Waals surface area (Å²) in [5, 5.41) is 9.60. The van der Waals surface area contributed by atoms with Crippen LogP contribution in [-0.4, -0.2) is 63.5 Å². The van der Waals surface area contributed by atoms with Crippen molar-refractivity contribution in [1.29, 1.82) is 0 Å². The second kappa shape index (κ2) is 14.5. The van der Waals surface area contributed by atoms with E-state index in [0.29, 0.717) is 24.1 Å². The summed E-state index contributed by atoms with van der Waals surface area (Å²) in [4.78, 5) is 42.8. The van der Waals surface area contributed by atoms with E-state index in [4.69, 9.17) is 14.2 Å². The molecule has 7 rings (SSSR count). The Balaban J connectivity index is 1.11. The zero-order valence-corrected chi connectivity index (χ0v) is 29.3. The van der Waals surface area contributed by atoms with Gasteiger partial charge in [0.2, 0.25) is 0 Å². The minimum Gasteiger partial charge on any atom is -0.459 e. The van der Waals surface area contributed by atoms with Crippen molar-refractivity contribution in [2.75, 3.05) is 13.1 Å². The molecule has 4 atom stereocenters. The Morgan fingerprint density at radius 1 is 0.824 bits per heavy atom. The highest BCUT2D eigenvalue weighted by Crippen LogP contribution is 2.40. The Labute approximate surface area is 298 Å². The van der Waals surface area contributed by atoms with Crippen LogP contribution in [0.15, 0.2) is 97.1 Å². The number of ether oxygens (including phenoxy) is 3. The lowest BCUT2D eigenvalue weighted by Crippen LogP contribution is -2.45. The number of rotatable bonds is 9. The van der Waals surface area contributed by atoms with Gasteiger partial charge in [-0.2, -0.15) is 0 Å². The molecule has 0 aromatic heterocycles. The lowest BCUT2D eigenvalue weighted by molar-refractivity contribution is -0.253. The maximum Gasteiger partial charge on any atom is 0.323 e. The van der Waals surface area contributed by atoms with Gasteiger partial charge < -0.3 is 19.3 Å². The maximum absolute atomic E-state index is 13.1. The van der Waals surface area contributed by atoms with Gasteiger partial charge >= 0.3 is 5.97 Å². The molecule has 264 valence electrons. The number of benzene rings is 4. The molecular weight excluding hydrogens is 644 g/mol. The minimum absolute atomic E-state index is 0.0328. The molecule has 1 N–H and O–H groups in total. The predicted octanol–water partition coefficient (Wildman–Crippen LogP) is 6.99. The number of esters is 1. The summed E-state index contributed by atoms with van der Waals surface area (Å²) in [7, 11) is 0. The molecule has 4 aromatic rings. The van der Waals surface area contributed by atoms with Gasteiger partial charge in [-0.25, -0.2) is 0 Å². The number of aliphatic hydroxyl groups excluding tert-OH is 1. The van der Waals surface area contributed by atoms with Gasteiger partial charge in [-0.3, -0.25) is 24.2 Å². The molecule has 9 nitrogen and oxygen atoms in total. The van der Waals surface area contributed by atoms with Crippen LogP contribution in [0.5, 0.6) is 0 Å². The van der Waals surface area contributed by atoms with Crippen LogP contribution in [0.2, 0.25) is 0 Å². The van der Waals surface area contributed by atoms with Gasteiger partial charge in [0.15, 0.2) is 6.29 Å². The van der Waals surface area contributed by atoms with Crippen LogP contribution in [0.3, 0.4) is 0 Å². The molecule has 0 bridgehead atoms. The van der Waals surface area contributed by atoms with E-state index in [1.54, 1.807) is 24.3 Å². The summed E-state index contributed by atoms with van der Waals surface area (Å²) in [6.45, 7) is 7.16. The third-order valence-corrected chi connectivity index (χ3v) is 9.81. The largest absolute Gasteiger partial charge is 0.459 e. The lowest BCUT2D eigenvalue weighted by Gasteiger charge is -2.38. The maximum atomic E-state index is 13.1. The van der Waals surface area contributed by atoms with Gasteiger partial charge in [-0.1, -0.05) is 84.9 Å². The van der Waals surface area contributed by atoms with Gasteiger partial charge in [-0.15, -0.1) is 0 Å². The first-order chi connectivity index (χ1) is 24.6. The topological polar surface area (TPSA) is 106 Å². The van der Waals surface area contributed by atoms with E-state index in [2.05, 4.69) is 4.90 Å². The summed E-state index contributed by atoms with van der Waals surface area (Å²) < 4.78 is 19.0. The number of amides is 2. The first-order valence-corrected chi connectivity index (χ1v) is 17.7. The summed E-state index contributed by atoms with van der Waals surface area (Å²) >= 11 is 0. The highest BCUT2D eigenvalue weighted by atomic mass is 16.7. The zero-order chi connectivity index (χ0) is 35.7. The highest BCUT2D eigenvalue weighted by molar-refractivity contribution is 6.21. The second-order valence-corrected chi connectivity index (χ2v) is 14.6. The molecule has 4 aromatic carbocycles. The first kappa shape index (κ1) is 34.8. The van der Waals surface area contributed by atoms with Crippen molar-refractivity contribution in [1.82, 2.24) is 9.80 Å². The molecule has 3 aliphatic heterocycles. The van der Waals surface area contributed by atoms with E-state index in [9.17, 15) is 19.5 Å². The second-order valence-electron chi connectivity index (χ2n) is 14.6. The third-order valence-electron chi connectivity index (χ3n) is 9.81. The third kappa shape index (κ3) is 7.53. The van der Waals surface area contributed by atoms with E-state index in [1.165, 1.54) is 4.90 Å². The van der Waals surface area contributed by atoms with Gasteiger partial charge in [0, 0.05) is 18.5 Å². The van der Waals surface area contributed by atoms with Crippen LogP contribution in [0.4, 0.5) is 0 Å². The Hall–Kier alpha value is -4.67. The predicted molar refractivity (Wildman–Crippen MR) is 191 cm³/mol.